The molecule has 23 heavy (non-hydrogen) atoms. The number of sulfonamides is 1. The number of halogens is 1. The number of hydrogen-bond donors (Lipinski definition) is 2. The lowest BCUT2D eigenvalue weighted by atomic mass is 10.2. The van der Waals surface area contributed by atoms with E-state index in [9.17, 15) is 18.0 Å². The Hall–Kier alpha value is -1.45. The molecule has 9 heteroatoms. The van der Waals surface area contributed by atoms with Crippen LogP contribution in [0, 0.1) is 0 Å². The summed E-state index contributed by atoms with van der Waals surface area (Å²) < 4.78 is 27.9. The van der Waals surface area contributed by atoms with E-state index < -0.39 is 28.5 Å². The fourth-order valence-electron chi connectivity index (χ4n) is 1.87. The summed E-state index contributed by atoms with van der Waals surface area (Å²) in [5.74, 6) is -1.24. The van der Waals surface area contributed by atoms with Crippen LogP contribution in [0.3, 0.4) is 0 Å². The summed E-state index contributed by atoms with van der Waals surface area (Å²) in [6, 6.07) is 3.72. The molecule has 0 aliphatic heterocycles. The van der Waals surface area contributed by atoms with Gasteiger partial charge in [-0.25, -0.2) is 18.4 Å². The minimum Gasteiger partial charge on any atom is -0.452 e. The third-order valence-corrected chi connectivity index (χ3v) is 4.55. The van der Waals surface area contributed by atoms with Crippen molar-refractivity contribution in [3.8, 4) is 0 Å². The van der Waals surface area contributed by atoms with Gasteiger partial charge in [0.25, 0.3) is 5.91 Å². The largest absolute Gasteiger partial charge is 0.452 e. The van der Waals surface area contributed by atoms with Crippen molar-refractivity contribution in [2.24, 2.45) is 5.14 Å². The van der Waals surface area contributed by atoms with Crippen LogP contribution in [0.4, 0.5) is 0 Å². The van der Waals surface area contributed by atoms with E-state index in [0.29, 0.717) is 4.47 Å². The zero-order chi connectivity index (χ0) is 17.6. The van der Waals surface area contributed by atoms with Gasteiger partial charge >= 0.3 is 5.97 Å². The lowest BCUT2D eigenvalue weighted by molar-refractivity contribution is -0.124. The van der Waals surface area contributed by atoms with Gasteiger partial charge in [-0.3, -0.25) is 4.79 Å². The van der Waals surface area contributed by atoms with Crippen LogP contribution in [-0.2, 0) is 19.6 Å². The molecular weight excluding hydrogens is 388 g/mol. The molecule has 0 saturated carbocycles. The summed E-state index contributed by atoms with van der Waals surface area (Å²) in [6.07, 6.45) is 1.75. The van der Waals surface area contributed by atoms with Gasteiger partial charge in [-0.2, -0.15) is 0 Å². The number of amides is 1. The molecule has 128 valence electrons. The number of carbonyl (C=O) groups excluding carboxylic acids is 2. The lowest BCUT2D eigenvalue weighted by Crippen LogP contribution is -2.35. The monoisotopic (exact) mass is 406 g/mol. The van der Waals surface area contributed by atoms with Gasteiger partial charge in [-0.15, -0.1) is 0 Å². The Morgan fingerprint density at radius 1 is 1.39 bits per heavy atom. The first kappa shape index (κ1) is 19.6. The molecule has 1 amide bonds. The number of carbonyl (C=O) groups is 2. The van der Waals surface area contributed by atoms with Crippen LogP contribution in [0.5, 0.6) is 0 Å². The molecule has 0 aliphatic carbocycles. The molecule has 7 nitrogen and oxygen atoms in total. The van der Waals surface area contributed by atoms with E-state index in [0.717, 1.165) is 18.9 Å². The predicted octanol–water partition coefficient (Wildman–Crippen LogP) is 1.56. The molecule has 0 radical (unpaired) electrons. The summed E-state index contributed by atoms with van der Waals surface area (Å²) in [6.45, 7) is 3.41. The Balaban J connectivity index is 2.73. The maximum absolute atomic E-state index is 12.0. The highest BCUT2D eigenvalue weighted by Gasteiger charge is 2.18. The lowest BCUT2D eigenvalue weighted by Gasteiger charge is -2.13. The smallest absolute Gasteiger partial charge is 0.339 e. The summed E-state index contributed by atoms with van der Waals surface area (Å²) in [5, 5.41) is 7.72. The van der Waals surface area contributed by atoms with Gasteiger partial charge in [-0.1, -0.05) is 13.3 Å². The van der Waals surface area contributed by atoms with Crippen LogP contribution in [0.1, 0.15) is 37.0 Å². The topological polar surface area (TPSA) is 116 Å². The van der Waals surface area contributed by atoms with Gasteiger partial charge in [0.05, 0.1) is 10.5 Å². The molecule has 0 aliphatic rings. The third-order valence-electron chi connectivity index (χ3n) is 2.95. The number of ether oxygens (including phenoxy) is 1. The van der Waals surface area contributed by atoms with Gasteiger partial charge in [0.1, 0.15) is 0 Å². The summed E-state index contributed by atoms with van der Waals surface area (Å²) in [7, 11) is -3.94. The highest BCUT2D eigenvalue weighted by Crippen LogP contribution is 2.21. The molecule has 1 aromatic rings. The highest BCUT2D eigenvalue weighted by molar-refractivity contribution is 9.10. The van der Waals surface area contributed by atoms with Crippen LogP contribution in [0.15, 0.2) is 27.6 Å². The van der Waals surface area contributed by atoms with Gasteiger partial charge in [0.15, 0.2) is 6.61 Å². The number of hydrogen-bond acceptors (Lipinski definition) is 5. The van der Waals surface area contributed by atoms with Crippen molar-refractivity contribution in [2.45, 2.75) is 37.6 Å². The van der Waals surface area contributed by atoms with Gasteiger partial charge < -0.3 is 10.1 Å². The molecule has 0 saturated heterocycles. The summed E-state index contributed by atoms with van der Waals surface area (Å²) >= 11 is 3.13. The Labute approximate surface area is 143 Å². The second-order valence-electron chi connectivity index (χ2n) is 5.02. The average Bonchev–Trinajstić information content (AvgIpc) is 2.44. The number of benzene rings is 1. The van der Waals surface area contributed by atoms with Crippen LogP contribution in [-0.4, -0.2) is 32.9 Å². The highest BCUT2D eigenvalue weighted by atomic mass is 79.9. The molecule has 3 N–H and O–H groups in total. The maximum atomic E-state index is 12.0. The second-order valence-corrected chi connectivity index (χ2v) is 7.44. The fraction of sp³-hybridized carbons (Fsp3) is 0.429. The maximum Gasteiger partial charge on any atom is 0.339 e. The number of rotatable bonds is 7. The van der Waals surface area contributed by atoms with E-state index in [1.807, 2.05) is 13.8 Å². The zero-order valence-corrected chi connectivity index (χ0v) is 15.2. The summed E-state index contributed by atoms with van der Waals surface area (Å²) in [5.41, 5.74) is -0.0223. The van der Waals surface area contributed by atoms with E-state index in [4.69, 9.17) is 9.88 Å². The quantitative estimate of drug-likeness (QED) is 0.666. The van der Waals surface area contributed by atoms with Crippen molar-refractivity contribution in [3.63, 3.8) is 0 Å². The number of primary sulfonamides is 1. The Morgan fingerprint density at radius 3 is 2.61 bits per heavy atom. The van der Waals surface area contributed by atoms with Gasteiger partial charge in [0, 0.05) is 10.5 Å². The van der Waals surface area contributed by atoms with Crippen LogP contribution in [0.2, 0.25) is 0 Å². The zero-order valence-electron chi connectivity index (χ0n) is 12.8. The average molecular weight is 407 g/mol. The fourth-order valence-corrected chi connectivity index (χ4v) is 2.82. The van der Waals surface area contributed by atoms with Gasteiger partial charge in [0.2, 0.25) is 10.0 Å². The van der Waals surface area contributed by atoms with E-state index in [1.165, 1.54) is 12.1 Å². The molecule has 1 aromatic carbocycles. The number of nitrogens with one attached hydrogen (secondary N) is 1. The van der Waals surface area contributed by atoms with Crippen molar-refractivity contribution < 1.29 is 22.7 Å². The Morgan fingerprint density at radius 2 is 2.04 bits per heavy atom. The Bertz CT molecular complexity index is 690. The van der Waals surface area contributed by atoms with E-state index >= 15 is 0 Å². The second kappa shape index (κ2) is 8.42. The van der Waals surface area contributed by atoms with Crippen molar-refractivity contribution in [1.29, 1.82) is 0 Å². The molecule has 0 aromatic heterocycles. The number of esters is 1. The van der Waals surface area contributed by atoms with E-state index in [1.54, 1.807) is 0 Å². The third kappa shape index (κ3) is 6.28. The van der Waals surface area contributed by atoms with E-state index in [-0.39, 0.29) is 16.5 Å². The van der Waals surface area contributed by atoms with Crippen LogP contribution in [0.25, 0.3) is 0 Å². The molecular formula is C14H19BrN2O5S. The predicted molar refractivity (Wildman–Crippen MR) is 88.3 cm³/mol. The normalized spacial score (nSPS) is 12.5. The molecule has 0 spiro atoms. The molecule has 0 fully saturated rings. The molecule has 1 atom stereocenters. The van der Waals surface area contributed by atoms with Crippen molar-refractivity contribution >= 4 is 37.8 Å². The van der Waals surface area contributed by atoms with Crippen LogP contribution >= 0.6 is 15.9 Å². The molecule has 1 rings (SSSR count). The van der Waals surface area contributed by atoms with Crippen LogP contribution < -0.4 is 10.5 Å². The van der Waals surface area contributed by atoms with Crippen molar-refractivity contribution in [1.82, 2.24) is 5.32 Å². The first-order valence-electron chi connectivity index (χ1n) is 6.94. The van der Waals surface area contributed by atoms with E-state index in [2.05, 4.69) is 21.2 Å². The summed E-state index contributed by atoms with van der Waals surface area (Å²) in [4.78, 5) is 23.4. The molecule has 0 unspecified atom stereocenters. The van der Waals surface area contributed by atoms with Crippen molar-refractivity contribution in [3.05, 3.63) is 28.2 Å². The Kier molecular flexibility index (Phi) is 7.17. The minimum absolute atomic E-state index is 0.0105. The van der Waals surface area contributed by atoms with Crippen molar-refractivity contribution in [2.75, 3.05) is 6.61 Å². The first-order valence-corrected chi connectivity index (χ1v) is 9.28. The molecule has 0 heterocycles. The van der Waals surface area contributed by atoms with Gasteiger partial charge in [-0.05, 0) is 47.5 Å². The first-order chi connectivity index (χ1) is 10.6. The number of nitrogens with two attached hydrogens (primary N) is 1. The minimum atomic E-state index is -3.94. The standard InChI is InChI=1S/C14H19BrN2O5S/c1-3-4-9(2)17-13(18)8-22-14(19)11-7-10(23(16,20)21)5-6-12(11)15/h5-7,9H,3-4,8H2,1-2H3,(H,17,18)(H2,16,20,21)/t9-/m1/s1. The SMILES string of the molecule is CCC[C@@H](C)NC(=O)COC(=O)c1cc(S(N)(=O)=O)ccc1Br. The molecule has 0 bridgehead atoms.